The van der Waals surface area contributed by atoms with Crippen LogP contribution in [0, 0.1) is 24.7 Å². The molecule has 1 nitrogen and oxygen atoms in total. The molecular formula is C19H28BrN. The minimum atomic E-state index is 0.534. The number of halogens is 1. The summed E-state index contributed by atoms with van der Waals surface area (Å²) in [6.07, 6.45) is 8.54. The molecule has 0 saturated heterocycles. The van der Waals surface area contributed by atoms with Gasteiger partial charge >= 0.3 is 0 Å². The molecule has 2 fully saturated rings. The topological polar surface area (TPSA) is 12.0 Å². The van der Waals surface area contributed by atoms with Gasteiger partial charge in [-0.25, -0.2) is 0 Å². The van der Waals surface area contributed by atoms with Crippen LogP contribution >= 0.6 is 15.9 Å². The molecule has 2 saturated carbocycles. The van der Waals surface area contributed by atoms with Crippen molar-refractivity contribution in [3.8, 4) is 0 Å². The molecule has 116 valence electrons. The summed E-state index contributed by atoms with van der Waals surface area (Å²) in [6, 6.07) is 7.43. The fourth-order valence-electron chi connectivity index (χ4n) is 4.45. The van der Waals surface area contributed by atoms with Gasteiger partial charge in [-0.05, 0) is 80.5 Å². The van der Waals surface area contributed by atoms with Crippen LogP contribution in [0.3, 0.4) is 0 Å². The highest BCUT2D eigenvalue weighted by Gasteiger charge is 2.40. The Morgan fingerprint density at radius 1 is 1.29 bits per heavy atom. The Morgan fingerprint density at radius 3 is 2.76 bits per heavy atom. The van der Waals surface area contributed by atoms with E-state index in [1.807, 2.05) is 0 Å². The molecule has 4 atom stereocenters. The number of fused-ring (bicyclic) bond motifs is 2. The molecule has 2 heteroatoms. The normalized spacial score (nSPS) is 29.0. The average Bonchev–Trinajstić information content (AvgIpc) is 3.09. The second-order valence-corrected chi connectivity index (χ2v) is 8.04. The van der Waals surface area contributed by atoms with Crippen molar-refractivity contribution < 1.29 is 0 Å². The first-order valence-electron chi connectivity index (χ1n) is 8.66. The summed E-state index contributed by atoms with van der Waals surface area (Å²) in [6.45, 7) is 5.54. The second kappa shape index (κ2) is 6.83. The van der Waals surface area contributed by atoms with E-state index in [0.29, 0.717) is 6.04 Å². The molecule has 3 rings (SSSR count). The van der Waals surface area contributed by atoms with E-state index < -0.39 is 0 Å². The predicted molar refractivity (Wildman–Crippen MR) is 93.5 cm³/mol. The van der Waals surface area contributed by atoms with E-state index in [2.05, 4.69) is 53.3 Å². The molecular weight excluding hydrogens is 322 g/mol. The summed E-state index contributed by atoms with van der Waals surface area (Å²) in [5, 5.41) is 3.80. The number of aryl methyl sites for hydroxylation is 1. The van der Waals surface area contributed by atoms with Gasteiger partial charge in [0.05, 0.1) is 0 Å². The molecule has 1 N–H and O–H groups in total. The summed E-state index contributed by atoms with van der Waals surface area (Å²) >= 11 is 3.70. The second-order valence-electron chi connectivity index (χ2n) is 7.19. The van der Waals surface area contributed by atoms with Gasteiger partial charge in [0.25, 0.3) is 0 Å². The van der Waals surface area contributed by atoms with Gasteiger partial charge < -0.3 is 5.32 Å². The van der Waals surface area contributed by atoms with E-state index >= 15 is 0 Å². The van der Waals surface area contributed by atoms with Gasteiger partial charge in [-0.2, -0.15) is 0 Å². The van der Waals surface area contributed by atoms with Crippen molar-refractivity contribution in [3.05, 3.63) is 33.8 Å². The van der Waals surface area contributed by atoms with Crippen LogP contribution in [0.5, 0.6) is 0 Å². The third-order valence-electron chi connectivity index (χ3n) is 5.66. The first-order chi connectivity index (χ1) is 10.2. The van der Waals surface area contributed by atoms with Crippen LogP contribution in [0.2, 0.25) is 0 Å². The van der Waals surface area contributed by atoms with Crippen molar-refractivity contribution >= 4 is 15.9 Å². The molecule has 1 aromatic rings. The fourth-order valence-corrected chi connectivity index (χ4v) is 4.85. The zero-order valence-corrected chi connectivity index (χ0v) is 15.0. The van der Waals surface area contributed by atoms with Gasteiger partial charge in [-0.3, -0.25) is 0 Å². The minimum Gasteiger partial charge on any atom is -0.310 e. The Labute approximate surface area is 138 Å². The van der Waals surface area contributed by atoms with Crippen molar-refractivity contribution in [1.82, 2.24) is 5.32 Å². The summed E-state index contributed by atoms with van der Waals surface area (Å²) < 4.78 is 1.25. The third-order valence-corrected chi connectivity index (χ3v) is 6.52. The molecule has 0 aromatic heterocycles. The van der Waals surface area contributed by atoms with Gasteiger partial charge in [0.15, 0.2) is 0 Å². The van der Waals surface area contributed by atoms with Crippen LogP contribution in [0.4, 0.5) is 0 Å². The molecule has 4 unspecified atom stereocenters. The number of rotatable bonds is 6. The SMILES string of the molecule is CCCNC(CC1CC2CCC1C2)c1ccc(C)c(Br)c1. The van der Waals surface area contributed by atoms with E-state index in [1.165, 1.54) is 54.1 Å². The van der Waals surface area contributed by atoms with Gasteiger partial charge in [-0.15, -0.1) is 0 Å². The van der Waals surface area contributed by atoms with E-state index in [1.54, 1.807) is 0 Å². The van der Waals surface area contributed by atoms with E-state index in [9.17, 15) is 0 Å². The van der Waals surface area contributed by atoms with Crippen molar-refractivity contribution in [3.63, 3.8) is 0 Å². The molecule has 1 aromatic carbocycles. The molecule has 0 amide bonds. The van der Waals surface area contributed by atoms with Crippen LogP contribution in [-0.2, 0) is 0 Å². The smallest absolute Gasteiger partial charge is 0.0323 e. The Kier molecular flexibility index (Phi) is 5.06. The number of hydrogen-bond donors (Lipinski definition) is 1. The summed E-state index contributed by atoms with van der Waals surface area (Å²) in [4.78, 5) is 0. The molecule has 21 heavy (non-hydrogen) atoms. The van der Waals surface area contributed by atoms with Crippen LogP contribution in [0.25, 0.3) is 0 Å². The fraction of sp³-hybridized carbons (Fsp3) is 0.684. The van der Waals surface area contributed by atoms with Gasteiger partial charge in [0, 0.05) is 10.5 Å². The summed E-state index contributed by atoms with van der Waals surface area (Å²) in [5.41, 5.74) is 2.79. The third kappa shape index (κ3) is 3.53. The maximum absolute atomic E-state index is 3.80. The highest BCUT2D eigenvalue weighted by molar-refractivity contribution is 9.10. The predicted octanol–water partition coefficient (Wildman–Crippen LogP) is 5.62. The molecule has 2 aliphatic carbocycles. The van der Waals surface area contributed by atoms with Gasteiger partial charge in [0.1, 0.15) is 0 Å². The number of benzene rings is 1. The zero-order valence-electron chi connectivity index (χ0n) is 13.4. The minimum absolute atomic E-state index is 0.534. The van der Waals surface area contributed by atoms with Crippen LogP contribution in [0.15, 0.2) is 22.7 Å². The maximum Gasteiger partial charge on any atom is 0.0323 e. The Morgan fingerprint density at radius 2 is 2.14 bits per heavy atom. The maximum atomic E-state index is 3.80. The molecule has 0 heterocycles. The first kappa shape index (κ1) is 15.6. The van der Waals surface area contributed by atoms with E-state index in [-0.39, 0.29) is 0 Å². The lowest BCUT2D eigenvalue weighted by molar-refractivity contribution is 0.279. The molecule has 0 radical (unpaired) electrons. The van der Waals surface area contributed by atoms with Crippen LogP contribution in [0.1, 0.15) is 62.6 Å². The molecule has 0 spiro atoms. The van der Waals surface area contributed by atoms with Crippen molar-refractivity contribution in [2.45, 2.75) is 58.4 Å². The highest BCUT2D eigenvalue weighted by atomic mass is 79.9. The van der Waals surface area contributed by atoms with Crippen molar-refractivity contribution in [1.29, 1.82) is 0 Å². The van der Waals surface area contributed by atoms with Crippen molar-refractivity contribution in [2.75, 3.05) is 6.54 Å². The largest absolute Gasteiger partial charge is 0.310 e. The van der Waals surface area contributed by atoms with Crippen molar-refractivity contribution in [2.24, 2.45) is 17.8 Å². The summed E-state index contributed by atoms with van der Waals surface area (Å²) in [7, 11) is 0. The van der Waals surface area contributed by atoms with E-state index in [0.717, 1.165) is 24.3 Å². The lowest BCUT2D eigenvalue weighted by atomic mass is 9.82. The van der Waals surface area contributed by atoms with Gasteiger partial charge in [0.2, 0.25) is 0 Å². The Hall–Kier alpha value is -0.340. The lowest BCUT2D eigenvalue weighted by Gasteiger charge is -2.28. The van der Waals surface area contributed by atoms with E-state index in [4.69, 9.17) is 0 Å². The first-order valence-corrected chi connectivity index (χ1v) is 9.46. The Balaban J connectivity index is 1.72. The quantitative estimate of drug-likeness (QED) is 0.702. The highest BCUT2D eigenvalue weighted by Crippen LogP contribution is 2.51. The average molecular weight is 350 g/mol. The van der Waals surface area contributed by atoms with Gasteiger partial charge in [-0.1, -0.05) is 41.4 Å². The number of nitrogens with one attached hydrogen (secondary N) is 1. The van der Waals surface area contributed by atoms with Crippen LogP contribution < -0.4 is 5.32 Å². The molecule has 2 aliphatic rings. The number of hydrogen-bond acceptors (Lipinski definition) is 1. The monoisotopic (exact) mass is 349 g/mol. The Bertz CT molecular complexity index is 484. The van der Waals surface area contributed by atoms with Crippen LogP contribution in [-0.4, -0.2) is 6.54 Å². The summed E-state index contributed by atoms with van der Waals surface area (Å²) in [5.74, 6) is 3.03. The molecule has 2 bridgehead atoms. The molecule has 0 aliphatic heterocycles. The standard InChI is InChI=1S/C19H28BrN/c1-3-8-21-19(16-6-4-13(2)18(20)11-16)12-17-10-14-5-7-15(17)9-14/h4,6,11,14-15,17,19,21H,3,5,7-10,12H2,1-2H3. The lowest BCUT2D eigenvalue weighted by Crippen LogP contribution is -2.26. The zero-order chi connectivity index (χ0) is 14.8.